The van der Waals surface area contributed by atoms with Crippen molar-refractivity contribution in [1.82, 2.24) is 4.90 Å². The fraction of sp³-hybridized carbons (Fsp3) is 0.438. The number of furan rings is 1. The molecule has 0 aliphatic rings. The van der Waals surface area contributed by atoms with Gasteiger partial charge >= 0.3 is 0 Å². The lowest BCUT2D eigenvalue weighted by atomic mass is 10.1. The van der Waals surface area contributed by atoms with Crippen LogP contribution in [0.1, 0.15) is 42.8 Å². The molecule has 0 radical (unpaired) electrons. The van der Waals surface area contributed by atoms with Crippen molar-refractivity contribution in [3.63, 3.8) is 0 Å². The molecular formula is C16H20ClNO2. The number of nitrogens with zero attached hydrogens (tertiary/aromatic N) is 1. The Morgan fingerprint density at radius 1 is 1.35 bits per heavy atom. The predicted octanol–water partition coefficient (Wildman–Crippen LogP) is 4.66. The zero-order valence-corrected chi connectivity index (χ0v) is 13.0. The number of unbranched alkanes of at least 4 members (excludes halogenated alkanes) is 1. The van der Waals surface area contributed by atoms with Crippen LogP contribution in [0.15, 0.2) is 22.6 Å². The van der Waals surface area contributed by atoms with Gasteiger partial charge in [0.05, 0.1) is 5.02 Å². The van der Waals surface area contributed by atoms with E-state index in [1.165, 1.54) is 0 Å². The molecule has 108 valence electrons. The lowest BCUT2D eigenvalue weighted by Gasteiger charge is -2.19. The van der Waals surface area contributed by atoms with Crippen molar-refractivity contribution in [3.05, 3.63) is 34.5 Å². The Hall–Kier alpha value is -1.48. The number of benzene rings is 1. The molecule has 4 heteroatoms. The normalized spacial score (nSPS) is 11.0. The fourth-order valence-corrected chi connectivity index (χ4v) is 2.52. The molecule has 1 amide bonds. The van der Waals surface area contributed by atoms with Crippen LogP contribution in [0.4, 0.5) is 0 Å². The van der Waals surface area contributed by atoms with E-state index >= 15 is 0 Å². The summed E-state index contributed by atoms with van der Waals surface area (Å²) in [5, 5.41) is 1.45. The molecule has 0 fully saturated rings. The molecule has 0 aliphatic heterocycles. The van der Waals surface area contributed by atoms with Gasteiger partial charge < -0.3 is 9.32 Å². The molecule has 0 N–H and O–H groups in total. The highest BCUT2D eigenvalue weighted by Gasteiger charge is 2.22. The number of hydrogen-bond donors (Lipinski definition) is 0. The van der Waals surface area contributed by atoms with Crippen LogP contribution in [-0.2, 0) is 0 Å². The molecule has 0 saturated carbocycles. The van der Waals surface area contributed by atoms with Crippen molar-refractivity contribution in [3.8, 4) is 0 Å². The zero-order valence-electron chi connectivity index (χ0n) is 12.2. The summed E-state index contributed by atoms with van der Waals surface area (Å²) in [4.78, 5) is 14.4. The lowest BCUT2D eigenvalue weighted by Crippen LogP contribution is -2.31. The number of halogens is 1. The van der Waals surface area contributed by atoms with E-state index < -0.39 is 0 Å². The highest BCUT2D eigenvalue weighted by Crippen LogP contribution is 2.31. The van der Waals surface area contributed by atoms with Crippen molar-refractivity contribution in [2.45, 2.75) is 33.6 Å². The van der Waals surface area contributed by atoms with Crippen molar-refractivity contribution in [2.75, 3.05) is 13.1 Å². The van der Waals surface area contributed by atoms with E-state index in [9.17, 15) is 4.79 Å². The van der Waals surface area contributed by atoms with Gasteiger partial charge in [0.1, 0.15) is 0 Å². The summed E-state index contributed by atoms with van der Waals surface area (Å²) in [5.74, 6) is 0.358. The molecule has 0 spiro atoms. The van der Waals surface area contributed by atoms with E-state index in [1.807, 2.05) is 30.9 Å². The van der Waals surface area contributed by atoms with Gasteiger partial charge in [0.2, 0.25) is 0 Å². The van der Waals surface area contributed by atoms with Gasteiger partial charge in [-0.1, -0.05) is 37.1 Å². The molecule has 0 aliphatic carbocycles. The number of carbonyl (C=O) groups is 1. The first-order valence-electron chi connectivity index (χ1n) is 7.07. The molecule has 0 unspecified atom stereocenters. The second-order valence-electron chi connectivity index (χ2n) is 4.91. The largest absolute Gasteiger partial charge is 0.449 e. The van der Waals surface area contributed by atoms with E-state index in [-0.39, 0.29) is 5.91 Å². The number of fused-ring (bicyclic) bond motifs is 1. The number of rotatable bonds is 5. The molecule has 2 rings (SSSR count). The van der Waals surface area contributed by atoms with Gasteiger partial charge in [-0.05, 0) is 26.3 Å². The number of amides is 1. The van der Waals surface area contributed by atoms with Gasteiger partial charge in [0, 0.05) is 24.0 Å². The summed E-state index contributed by atoms with van der Waals surface area (Å²) < 4.78 is 5.73. The van der Waals surface area contributed by atoms with Gasteiger partial charge in [-0.2, -0.15) is 0 Å². The van der Waals surface area contributed by atoms with E-state index in [4.69, 9.17) is 16.0 Å². The fourth-order valence-electron chi connectivity index (χ4n) is 2.31. The maximum absolute atomic E-state index is 12.6. The van der Waals surface area contributed by atoms with Crippen molar-refractivity contribution < 1.29 is 9.21 Å². The summed E-state index contributed by atoms with van der Waals surface area (Å²) in [7, 11) is 0. The van der Waals surface area contributed by atoms with Gasteiger partial charge in [0.25, 0.3) is 5.91 Å². The molecule has 1 aromatic carbocycles. The zero-order chi connectivity index (χ0) is 14.7. The maximum atomic E-state index is 12.6. The number of aryl methyl sites for hydroxylation is 1. The average molecular weight is 294 g/mol. The summed E-state index contributed by atoms with van der Waals surface area (Å²) in [5.41, 5.74) is 1.46. The lowest BCUT2D eigenvalue weighted by molar-refractivity contribution is 0.0731. The Bertz CT molecular complexity index is 618. The summed E-state index contributed by atoms with van der Waals surface area (Å²) in [6, 6.07) is 5.57. The third-order valence-corrected chi connectivity index (χ3v) is 3.86. The summed E-state index contributed by atoms with van der Waals surface area (Å²) >= 11 is 6.13. The predicted molar refractivity (Wildman–Crippen MR) is 82.4 cm³/mol. The first-order valence-corrected chi connectivity index (χ1v) is 7.44. The van der Waals surface area contributed by atoms with Crippen LogP contribution in [0.3, 0.4) is 0 Å². The monoisotopic (exact) mass is 293 g/mol. The smallest absolute Gasteiger partial charge is 0.289 e. The highest BCUT2D eigenvalue weighted by molar-refractivity contribution is 6.35. The van der Waals surface area contributed by atoms with Crippen LogP contribution in [0.25, 0.3) is 11.0 Å². The minimum Gasteiger partial charge on any atom is -0.449 e. The number of carbonyl (C=O) groups excluding carboxylic acids is 1. The number of para-hydroxylation sites is 1. The highest BCUT2D eigenvalue weighted by atomic mass is 35.5. The quantitative estimate of drug-likeness (QED) is 0.803. The van der Waals surface area contributed by atoms with Crippen LogP contribution < -0.4 is 0 Å². The minimum atomic E-state index is -0.0503. The molecule has 3 nitrogen and oxygen atoms in total. The molecule has 0 saturated heterocycles. The SMILES string of the molecule is CCCCN(CC)C(=O)c1oc2c(Cl)cccc2c1C. The molecule has 1 heterocycles. The standard InChI is InChI=1S/C16H20ClNO2/c1-4-6-10-18(5-2)16(19)14-11(3)12-8-7-9-13(17)15(12)20-14/h7-9H,4-6,10H2,1-3H3. The Kier molecular flexibility index (Phi) is 4.71. The summed E-state index contributed by atoms with van der Waals surface area (Å²) in [6.07, 6.45) is 2.06. The molecule has 1 aromatic heterocycles. The molecule has 20 heavy (non-hydrogen) atoms. The average Bonchev–Trinajstić information content (AvgIpc) is 2.78. The minimum absolute atomic E-state index is 0.0503. The second-order valence-corrected chi connectivity index (χ2v) is 5.32. The van der Waals surface area contributed by atoms with E-state index in [0.29, 0.717) is 22.9 Å². The Morgan fingerprint density at radius 2 is 2.10 bits per heavy atom. The van der Waals surface area contributed by atoms with Crippen molar-refractivity contribution in [1.29, 1.82) is 0 Å². The van der Waals surface area contributed by atoms with E-state index in [0.717, 1.165) is 30.3 Å². The van der Waals surface area contributed by atoms with Crippen LogP contribution in [0.5, 0.6) is 0 Å². The molecular weight excluding hydrogens is 274 g/mol. The number of hydrogen-bond acceptors (Lipinski definition) is 2. The van der Waals surface area contributed by atoms with Crippen LogP contribution >= 0.6 is 11.6 Å². The van der Waals surface area contributed by atoms with Gasteiger partial charge in [0.15, 0.2) is 11.3 Å². The van der Waals surface area contributed by atoms with E-state index in [1.54, 1.807) is 6.07 Å². The first-order chi connectivity index (χ1) is 9.60. The Labute approximate surface area is 124 Å². The van der Waals surface area contributed by atoms with Crippen LogP contribution in [0, 0.1) is 6.92 Å². The van der Waals surface area contributed by atoms with Crippen LogP contribution in [-0.4, -0.2) is 23.9 Å². The topological polar surface area (TPSA) is 33.5 Å². The van der Waals surface area contributed by atoms with Crippen molar-refractivity contribution >= 4 is 28.5 Å². The second kappa shape index (κ2) is 6.31. The molecule has 2 aromatic rings. The molecule has 0 bridgehead atoms. The van der Waals surface area contributed by atoms with Gasteiger partial charge in [-0.15, -0.1) is 0 Å². The third-order valence-electron chi connectivity index (χ3n) is 3.56. The Balaban J connectivity index is 2.39. The van der Waals surface area contributed by atoms with Gasteiger partial charge in [-0.25, -0.2) is 0 Å². The first kappa shape index (κ1) is 14.9. The van der Waals surface area contributed by atoms with E-state index in [2.05, 4.69) is 6.92 Å². The Morgan fingerprint density at radius 3 is 2.70 bits per heavy atom. The van der Waals surface area contributed by atoms with Gasteiger partial charge in [-0.3, -0.25) is 4.79 Å². The molecule has 0 atom stereocenters. The third kappa shape index (κ3) is 2.68. The van der Waals surface area contributed by atoms with Crippen molar-refractivity contribution in [2.24, 2.45) is 0 Å². The van der Waals surface area contributed by atoms with Crippen LogP contribution in [0.2, 0.25) is 5.02 Å². The summed E-state index contributed by atoms with van der Waals surface area (Å²) in [6.45, 7) is 7.45. The maximum Gasteiger partial charge on any atom is 0.289 e.